The number of methoxy groups -OCH3 is 1. The number of carbonyl (C=O) groups is 2. The lowest BCUT2D eigenvalue weighted by Gasteiger charge is -2.33. The Balaban J connectivity index is 1.48. The van der Waals surface area contributed by atoms with Crippen LogP contribution >= 0.6 is 0 Å². The third kappa shape index (κ3) is 7.04. The Morgan fingerprint density at radius 2 is 1.91 bits per heavy atom. The van der Waals surface area contributed by atoms with Crippen molar-refractivity contribution in [3.63, 3.8) is 0 Å². The van der Waals surface area contributed by atoms with Gasteiger partial charge in [0.2, 0.25) is 5.91 Å². The molecule has 0 aliphatic carbocycles. The minimum absolute atomic E-state index is 0.114. The van der Waals surface area contributed by atoms with Crippen LogP contribution in [-0.4, -0.2) is 71.1 Å². The van der Waals surface area contributed by atoms with Crippen LogP contribution in [0.1, 0.15) is 24.2 Å². The molecule has 3 heterocycles. The quantitative estimate of drug-likeness (QED) is 0.182. The van der Waals surface area contributed by atoms with Gasteiger partial charge >= 0.3 is 5.97 Å². The van der Waals surface area contributed by atoms with Gasteiger partial charge in [0.1, 0.15) is 29.1 Å². The van der Waals surface area contributed by atoms with Crippen molar-refractivity contribution in [1.29, 1.82) is 0 Å². The molecule has 2 aromatic carbocycles. The van der Waals surface area contributed by atoms with E-state index in [0.29, 0.717) is 49.1 Å². The molecule has 45 heavy (non-hydrogen) atoms. The van der Waals surface area contributed by atoms with E-state index in [4.69, 9.17) is 14.3 Å². The summed E-state index contributed by atoms with van der Waals surface area (Å²) in [7, 11) is 3.39. The van der Waals surface area contributed by atoms with Crippen molar-refractivity contribution in [2.24, 2.45) is 7.05 Å². The van der Waals surface area contributed by atoms with Gasteiger partial charge in [-0.2, -0.15) is 10.2 Å². The maximum atomic E-state index is 13.8. The number of ether oxygens (including phenoxy) is 2. The number of morpholine rings is 1. The number of amides is 1. The highest BCUT2D eigenvalue weighted by molar-refractivity contribution is 6.02. The van der Waals surface area contributed by atoms with E-state index >= 15 is 0 Å². The molecule has 234 valence electrons. The van der Waals surface area contributed by atoms with E-state index in [1.807, 2.05) is 63.5 Å². The van der Waals surface area contributed by atoms with Crippen molar-refractivity contribution in [3.05, 3.63) is 79.4 Å². The van der Waals surface area contributed by atoms with Gasteiger partial charge in [-0.3, -0.25) is 9.48 Å². The minimum Gasteiger partial charge on any atom is -0.494 e. The van der Waals surface area contributed by atoms with E-state index < -0.39 is 5.97 Å². The molecule has 0 spiro atoms. The molecule has 1 fully saturated rings. The number of aromatic nitrogens is 4. The lowest BCUT2D eigenvalue weighted by Crippen LogP contribution is -2.37. The summed E-state index contributed by atoms with van der Waals surface area (Å²) in [6.45, 7) is 9.69. The smallest absolute Gasteiger partial charge is 0.368 e. The zero-order valence-corrected chi connectivity index (χ0v) is 25.7. The third-order valence-corrected chi connectivity index (χ3v) is 7.08. The second-order valence-corrected chi connectivity index (χ2v) is 10.5. The van der Waals surface area contributed by atoms with Crippen LogP contribution in [-0.2, 0) is 21.4 Å². The Morgan fingerprint density at radius 1 is 1.13 bits per heavy atom. The normalized spacial score (nSPS) is 12.9. The number of para-hydroxylation sites is 1. The highest BCUT2D eigenvalue weighted by Gasteiger charge is 2.27. The second kappa shape index (κ2) is 13.9. The van der Waals surface area contributed by atoms with E-state index in [0.717, 1.165) is 16.9 Å². The molecule has 2 aromatic heterocycles. The molecule has 1 aliphatic heterocycles. The molecule has 0 bridgehead atoms. The van der Waals surface area contributed by atoms with E-state index in [9.17, 15) is 9.59 Å². The Labute approximate surface area is 261 Å². The summed E-state index contributed by atoms with van der Waals surface area (Å²) in [5, 5.41) is 12.1. The third-order valence-electron chi connectivity index (χ3n) is 7.08. The van der Waals surface area contributed by atoms with Crippen molar-refractivity contribution in [2.75, 3.05) is 54.0 Å². The number of carbonyl (C=O) groups excluding carboxylic acids is 2. The largest absolute Gasteiger partial charge is 0.494 e. The van der Waals surface area contributed by atoms with E-state index in [1.165, 1.54) is 30.8 Å². The molecule has 0 radical (unpaired) electrons. The number of hydrogen-bond acceptors (Lipinski definition) is 11. The zero-order valence-electron chi connectivity index (χ0n) is 25.7. The van der Waals surface area contributed by atoms with E-state index in [1.54, 1.807) is 10.7 Å². The number of nitrogens with one attached hydrogen (secondary N) is 2. The first-order valence-corrected chi connectivity index (χ1v) is 14.4. The van der Waals surface area contributed by atoms with Crippen molar-refractivity contribution in [2.45, 2.75) is 19.9 Å². The molecule has 2 N–H and O–H groups in total. The number of benzene rings is 2. The first-order chi connectivity index (χ1) is 21.8. The van der Waals surface area contributed by atoms with Crippen LogP contribution < -0.4 is 25.3 Å². The number of rotatable bonds is 11. The van der Waals surface area contributed by atoms with Gasteiger partial charge in [0.05, 0.1) is 43.4 Å². The van der Waals surface area contributed by atoms with Gasteiger partial charge in [-0.15, -0.1) is 0 Å². The topological polar surface area (TPSA) is 136 Å². The fourth-order valence-corrected chi connectivity index (χ4v) is 4.89. The summed E-state index contributed by atoms with van der Waals surface area (Å²) in [6, 6.07) is 12.7. The predicted octanol–water partition coefficient (Wildman–Crippen LogP) is 4.58. The van der Waals surface area contributed by atoms with E-state index in [2.05, 4.69) is 37.2 Å². The van der Waals surface area contributed by atoms with Crippen LogP contribution in [0.4, 0.5) is 28.6 Å². The van der Waals surface area contributed by atoms with Crippen molar-refractivity contribution >= 4 is 40.4 Å². The van der Waals surface area contributed by atoms with Crippen LogP contribution in [0.5, 0.6) is 5.75 Å². The molecular weight excluding hydrogens is 576 g/mol. The Bertz CT molecular complexity index is 1680. The summed E-state index contributed by atoms with van der Waals surface area (Å²) < 4.78 is 13.0. The molecule has 1 aliphatic rings. The first-order valence-electron chi connectivity index (χ1n) is 14.4. The highest BCUT2D eigenvalue weighted by Crippen LogP contribution is 2.41. The van der Waals surface area contributed by atoms with Crippen LogP contribution in [0.15, 0.2) is 73.8 Å². The number of anilines is 5. The predicted molar refractivity (Wildman–Crippen MR) is 172 cm³/mol. The molecule has 0 saturated carbocycles. The number of aryl methyl sites for hydroxylation is 1. The zero-order chi connectivity index (χ0) is 31.9. The van der Waals surface area contributed by atoms with Gasteiger partial charge in [0.15, 0.2) is 0 Å². The number of hydroxylamine groups is 1. The molecule has 0 unspecified atom stereocenters. The molecule has 1 amide bonds. The Kier molecular flexibility index (Phi) is 9.58. The molecule has 13 heteroatoms. The second-order valence-electron chi connectivity index (χ2n) is 10.5. The Hall–Kier alpha value is -5.43. The fourth-order valence-electron chi connectivity index (χ4n) is 4.89. The maximum absolute atomic E-state index is 13.8. The minimum atomic E-state index is -0.696. The lowest BCUT2D eigenvalue weighted by atomic mass is 10.1. The van der Waals surface area contributed by atoms with Crippen LogP contribution in [0, 0.1) is 0 Å². The SMILES string of the molecule is C=CC(=O)Nc1cc(N(OC(=O)c2cncnc2Nc2ccccc2-c2ccn(C)n2)C(C)C)c(OC)cc1N1CCOCC1. The fraction of sp³-hybridized carbons (Fsp3) is 0.281. The average molecular weight is 613 g/mol. The van der Waals surface area contributed by atoms with Crippen LogP contribution in [0.25, 0.3) is 11.3 Å². The monoisotopic (exact) mass is 612 g/mol. The van der Waals surface area contributed by atoms with Crippen LogP contribution in [0.2, 0.25) is 0 Å². The lowest BCUT2D eigenvalue weighted by molar-refractivity contribution is -0.111. The van der Waals surface area contributed by atoms with Crippen molar-refractivity contribution in [1.82, 2.24) is 19.7 Å². The van der Waals surface area contributed by atoms with Gasteiger partial charge in [-0.05, 0) is 38.1 Å². The standard InChI is InChI=1S/C32H36N8O5/c1-6-30(41)35-26-17-28(29(43-5)18-27(26)39-13-15-44-16-14-39)40(21(2)3)45-32(42)23-19-33-20-34-31(23)36-24-10-8-7-9-22(24)25-11-12-38(4)37-25/h6-12,17-21H,1,13-16H2,2-5H3,(H,35,41)(H,33,34,36). The van der Waals surface area contributed by atoms with Gasteiger partial charge in [0.25, 0.3) is 0 Å². The molecule has 1 saturated heterocycles. The summed E-state index contributed by atoms with van der Waals surface area (Å²) in [5.74, 6) is -0.368. The molecule has 4 aromatic rings. The molecular formula is C32H36N8O5. The summed E-state index contributed by atoms with van der Waals surface area (Å²) in [4.78, 5) is 42.7. The van der Waals surface area contributed by atoms with Crippen molar-refractivity contribution < 1.29 is 23.9 Å². The highest BCUT2D eigenvalue weighted by atomic mass is 16.7. The molecule has 0 atom stereocenters. The van der Waals surface area contributed by atoms with Crippen molar-refractivity contribution in [3.8, 4) is 17.0 Å². The first kappa shape index (κ1) is 31.0. The summed E-state index contributed by atoms with van der Waals surface area (Å²) >= 11 is 0. The van der Waals surface area contributed by atoms with Gasteiger partial charge < -0.3 is 29.8 Å². The Morgan fingerprint density at radius 3 is 2.60 bits per heavy atom. The summed E-state index contributed by atoms with van der Waals surface area (Å²) in [6.07, 6.45) is 5.80. The number of hydrogen-bond donors (Lipinski definition) is 2. The van der Waals surface area contributed by atoms with Crippen LogP contribution in [0.3, 0.4) is 0 Å². The van der Waals surface area contributed by atoms with Gasteiger partial charge in [-0.25, -0.2) is 14.8 Å². The van der Waals surface area contributed by atoms with Gasteiger partial charge in [0, 0.05) is 49.8 Å². The molecule has 5 rings (SSSR count). The summed E-state index contributed by atoms with van der Waals surface area (Å²) in [5.41, 5.74) is 4.10. The number of nitrogens with zero attached hydrogens (tertiary/aromatic N) is 6. The average Bonchev–Trinajstić information content (AvgIpc) is 3.49. The van der Waals surface area contributed by atoms with Gasteiger partial charge in [-0.1, -0.05) is 24.8 Å². The van der Waals surface area contributed by atoms with E-state index in [-0.39, 0.29) is 23.3 Å². The maximum Gasteiger partial charge on any atom is 0.368 e. The molecule has 13 nitrogen and oxygen atoms in total.